The van der Waals surface area contributed by atoms with Crippen LogP contribution >= 0.6 is 0 Å². The third-order valence-electron chi connectivity index (χ3n) is 5.71. The summed E-state index contributed by atoms with van der Waals surface area (Å²) in [6, 6.07) is -1.05. The number of imide groups is 1. The molecule has 7 nitrogen and oxygen atoms in total. The zero-order valence-corrected chi connectivity index (χ0v) is 14.9. The van der Waals surface area contributed by atoms with Crippen LogP contribution in [-0.4, -0.2) is 54.0 Å². The Bertz CT molecular complexity index is 510. The maximum Gasteiger partial charge on any atom is 0.322 e. The van der Waals surface area contributed by atoms with Crippen molar-refractivity contribution in [3.63, 3.8) is 0 Å². The maximum absolute atomic E-state index is 12.5. The van der Waals surface area contributed by atoms with E-state index in [1.165, 1.54) is 25.7 Å². The minimum Gasteiger partial charge on any atom is -0.349 e. The number of carbonyl (C=O) groups excluding carboxylic acids is 3. The van der Waals surface area contributed by atoms with Gasteiger partial charge in [0.15, 0.2) is 0 Å². The summed E-state index contributed by atoms with van der Waals surface area (Å²) in [6.07, 6.45) is 10.1. The van der Waals surface area contributed by atoms with Crippen LogP contribution < -0.4 is 16.0 Å². The molecule has 0 spiro atoms. The fourth-order valence-corrected chi connectivity index (χ4v) is 4.39. The van der Waals surface area contributed by atoms with Crippen molar-refractivity contribution in [3.05, 3.63) is 0 Å². The van der Waals surface area contributed by atoms with E-state index in [1.54, 1.807) is 0 Å². The topological polar surface area (TPSA) is 90.5 Å². The van der Waals surface area contributed by atoms with Crippen molar-refractivity contribution in [2.24, 2.45) is 0 Å². The largest absolute Gasteiger partial charge is 0.349 e. The molecule has 3 aliphatic rings. The van der Waals surface area contributed by atoms with E-state index in [9.17, 15) is 14.4 Å². The van der Waals surface area contributed by atoms with Gasteiger partial charge in [-0.3, -0.25) is 14.9 Å². The first kappa shape index (κ1) is 18.2. The first-order chi connectivity index (χ1) is 12.1. The van der Waals surface area contributed by atoms with Crippen molar-refractivity contribution in [1.82, 2.24) is 20.9 Å². The van der Waals surface area contributed by atoms with Gasteiger partial charge < -0.3 is 15.5 Å². The molecule has 3 fully saturated rings. The average Bonchev–Trinajstić information content (AvgIpc) is 2.92. The van der Waals surface area contributed by atoms with Crippen molar-refractivity contribution in [2.45, 2.75) is 75.8 Å². The number of carbonyl (C=O) groups is 3. The van der Waals surface area contributed by atoms with Gasteiger partial charge in [0.05, 0.1) is 5.54 Å². The smallest absolute Gasteiger partial charge is 0.322 e. The summed E-state index contributed by atoms with van der Waals surface area (Å²) in [5.41, 5.74) is -0.117. The van der Waals surface area contributed by atoms with Gasteiger partial charge in [-0.25, -0.2) is 4.79 Å². The van der Waals surface area contributed by atoms with Gasteiger partial charge in [0, 0.05) is 13.0 Å². The lowest BCUT2D eigenvalue weighted by Crippen LogP contribution is -2.57. The second kappa shape index (κ2) is 8.17. The molecule has 140 valence electrons. The fourth-order valence-electron chi connectivity index (χ4n) is 4.39. The van der Waals surface area contributed by atoms with Gasteiger partial charge in [0.25, 0.3) is 5.91 Å². The molecule has 4 amide bonds. The van der Waals surface area contributed by atoms with E-state index in [4.69, 9.17) is 0 Å². The molecule has 1 aliphatic carbocycles. The van der Waals surface area contributed by atoms with E-state index in [2.05, 4.69) is 20.9 Å². The lowest BCUT2D eigenvalue weighted by atomic mass is 9.80. The molecule has 0 unspecified atom stereocenters. The number of hydrogen-bond donors (Lipinski definition) is 3. The quantitative estimate of drug-likeness (QED) is 0.630. The van der Waals surface area contributed by atoms with Crippen LogP contribution in [-0.2, 0) is 9.59 Å². The fraction of sp³-hybridized carbons (Fsp3) is 0.833. The molecule has 7 heteroatoms. The van der Waals surface area contributed by atoms with E-state index in [-0.39, 0.29) is 23.8 Å². The minimum atomic E-state index is -0.581. The highest BCUT2D eigenvalue weighted by atomic mass is 16.2. The Kier molecular flexibility index (Phi) is 5.93. The van der Waals surface area contributed by atoms with Gasteiger partial charge in [-0.05, 0) is 45.2 Å². The van der Waals surface area contributed by atoms with Crippen LogP contribution in [0.15, 0.2) is 0 Å². The standard InChI is InChI=1S/C18H30N4O3/c23-15(8-7-14-16(24)20-17(25)19-14)21-18(9-3-1-4-10-18)13-22-11-5-2-6-12-22/h14H,1-13H2,(H,21,23)(H2,19,20,24,25)/t14-/m0/s1. The number of nitrogens with one attached hydrogen (secondary N) is 3. The number of nitrogens with zero attached hydrogens (tertiary/aromatic N) is 1. The normalized spacial score (nSPS) is 26.8. The molecule has 3 rings (SSSR count). The molecule has 2 aliphatic heterocycles. The Morgan fingerprint density at radius 1 is 1.08 bits per heavy atom. The zero-order valence-electron chi connectivity index (χ0n) is 14.9. The summed E-state index contributed by atoms with van der Waals surface area (Å²) in [4.78, 5) is 37.8. The number of amides is 4. The molecular formula is C18H30N4O3. The predicted molar refractivity (Wildman–Crippen MR) is 93.9 cm³/mol. The molecule has 1 atom stereocenters. The van der Waals surface area contributed by atoms with Crippen molar-refractivity contribution >= 4 is 17.8 Å². The molecule has 2 saturated heterocycles. The molecule has 3 N–H and O–H groups in total. The number of rotatable bonds is 6. The van der Waals surface area contributed by atoms with Crippen LogP contribution in [0.3, 0.4) is 0 Å². The highest BCUT2D eigenvalue weighted by Gasteiger charge is 2.36. The Hall–Kier alpha value is -1.63. The van der Waals surface area contributed by atoms with Gasteiger partial charge in [0.1, 0.15) is 6.04 Å². The molecule has 0 radical (unpaired) electrons. The van der Waals surface area contributed by atoms with Gasteiger partial charge in [-0.1, -0.05) is 25.7 Å². The monoisotopic (exact) mass is 350 g/mol. The van der Waals surface area contributed by atoms with Crippen LogP contribution in [0.2, 0.25) is 0 Å². The molecular weight excluding hydrogens is 320 g/mol. The zero-order chi connectivity index (χ0) is 17.7. The van der Waals surface area contributed by atoms with E-state index < -0.39 is 12.1 Å². The first-order valence-electron chi connectivity index (χ1n) is 9.71. The second-order valence-electron chi connectivity index (χ2n) is 7.78. The highest BCUT2D eigenvalue weighted by Crippen LogP contribution is 2.30. The maximum atomic E-state index is 12.5. The number of urea groups is 1. The SMILES string of the molecule is O=C(CC[C@@H]1NC(=O)NC1=O)NC1(CN2CCCCC2)CCCCC1. The van der Waals surface area contributed by atoms with E-state index in [0.717, 1.165) is 45.3 Å². The summed E-state index contributed by atoms with van der Waals surface area (Å²) in [5, 5.41) is 8.06. The van der Waals surface area contributed by atoms with E-state index in [0.29, 0.717) is 6.42 Å². The number of likely N-dealkylation sites (tertiary alicyclic amines) is 1. The van der Waals surface area contributed by atoms with Gasteiger partial charge >= 0.3 is 6.03 Å². The minimum absolute atomic E-state index is 0.00661. The summed E-state index contributed by atoms with van der Waals surface area (Å²) in [5.74, 6) is -0.341. The second-order valence-corrected chi connectivity index (χ2v) is 7.78. The summed E-state index contributed by atoms with van der Waals surface area (Å²) in [6.45, 7) is 3.21. The van der Waals surface area contributed by atoms with Crippen LogP contribution in [0, 0.1) is 0 Å². The average molecular weight is 350 g/mol. The number of piperidine rings is 1. The molecule has 25 heavy (non-hydrogen) atoms. The molecule has 2 heterocycles. The van der Waals surface area contributed by atoms with Gasteiger partial charge in [0.2, 0.25) is 5.91 Å². The van der Waals surface area contributed by atoms with E-state index >= 15 is 0 Å². The third-order valence-corrected chi connectivity index (χ3v) is 5.71. The van der Waals surface area contributed by atoms with Crippen molar-refractivity contribution in [3.8, 4) is 0 Å². The van der Waals surface area contributed by atoms with Crippen molar-refractivity contribution in [1.29, 1.82) is 0 Å². The highest BCUT2D eigenvalue weighted by molar-refractivity contribution is 6.04. The van der Waals surface area contributed by atoms with Crippen LogP contribution in [0.25, 0.3) is 0 Å². The first-order valence-corrected chi connectivity index (χ1v) is 9.71. The number of hydrogen-bond acceptors (Lipinski definition) is 4. The van der Waals surface area contributed by atoms with Crippen LogP contribution in [0.1, 0.15) is 64.2 Å². The third kappa shape index (κ3) is 4.93. The Labute approximate surface area is 149 Å². The summed E-state index contributed by atoms with van der Waals surface area (Å²) in [7, 11) is 0. The lowest BCUT2D eigenvalue weighted by Gasteiger charge is -2.43. The lowest BCUT2D eigenvalue weighted by molar-refractivity contribution is -0.124. The molecule has 1 saturated carbocycles. The Morgan fingerprint density at radius 2 is 1.76 bits per heavy atom. The molecule has 0 aromatic heterocycles. The van der Waals surface area contributed by atoms with Gasteiger partial charge in [-0.2, -0.15) is 0 Å². The van der Waals surface area contributed by atoms with Crippen LogP contribution in [0.4, 0.5) is 4.79 Å². The molecule has 0 aromatic carbocycles. The van der Waals surface area contributed by atoms with Crippen molar-refractivity contribution in [2.75, 3.05) is 19.6 Å². The summed E-state index contributed by atoms with van der Waals surface area (Å²) < 4.78 is 0. The van der Waals surface area contributed by atoms with Crippen LogP contribution in [0.5, 0.6) is 0 Å². The van der Waals surface area contributed by atoms with E-state index in [1.807, 2.05) is 0 Å². The van der Waals surface area contributed by atoms with Crippen molar-refractivity contribution < 1.29 is 14.4 Å². The Balaban J connectivity index is 1.53. The molecule has 0 bridgehead atoms. The summed E-state index contributed by atoms with van der Waals surface area (Å²) >= 11 is 0. The van der Waals surface area contributed by atoms with Gasteiger partial charge in [-0.15, -0.1) is 0 Å². The Morgan fingerprint density at radius 3 is 2.40 bits per heavy atom. The molecule has 0 aromatic rings. The predicted octanol–water partition coefficient (Wildman–Crippen LogP) is 1.28.